The summed E-state index contributed by atoms with van der Waals surface area (Å²) in [5.74, 6) is -2.60. The van der Waals surface area contributed by atoms with Crippen molar-refractivity contribution >= 4 is 59.0 Å². The van der Waals surface area contributed by atoms with Crippen molar-refractivity contribution in [2.75, 3.05) is 28.3 Å². The van der Waals surface area contributed by atoms with Gasteiger partial charge >= 0.3 is 35.6 Å². The normalized spacial score (nSPS) is 17.7. The summed E-state index contributed by atoms with van der Waals surface area (Å²) in [6.07, 6.45) is 1.09. The number of tetrazole rings is 1. The number of benzene rings is 1. The van der Waals surface area contributed by atoms with Crippen LogP contribution in [0.4, 0.5) is 16.4 Å². The number of urea groups is 1. The molecule has 21 heteroatoms. The summed E-state index contributed by atoms with van der Waals surface area (Å²) < 4.78 is 0. The average Bonchev–Trinajstić information content (AvgIpc) is 3.54. The average molecular weight is 694 g/mol. The number of nitrogens with two attached hydrogens (primary N) is 1. The van der Waals surface area contributed by atoms with E-state index in [9.17, 15) is 34.2 Å². The number of carbonyl (C=O) groups is 4. The number of nitrogens with one attached hydrogen (secondary N) is 4. The van der Waals surface area contributed by atoms with Crippen molar-refractivity contribution in [3.63, 3.8) is 0 Å². The number of H-pyrrole nitrogens is 2. The van der Waals surface area contributed by atoms with Crippen molar-refractivity contribution in [3.8, 4) is 5.75 Å². The van der Waals surface area contributed by atoms with Crippen LogP contribution in [-0.4, -0.2) is 93.9 Å². The van der Waals surface area contributed by atoms with Gasteiger partial charge < -0.3 is 31.4 Å². The molecule has 18 nitrogen and oxygen atoms in total. The third-order valence-electron chi connectivity index (χ3n) is 6.91. The molecule has 1 saturated heterocycles. The van der Waals surface area contributed by atoms with Gasteiger partial charge in [-0.25, -0.2) is 9.78 Å². The van der Waals surface area contributed by atoms with Gasteiger partial charge in [0.15, 0.2) is 0 Å². The molecule has 2 unspecified atom stereocenters. The Morgan fingerprint density at radius 3 is 2.57 bits per heavy atom. The molecule has 4 amide bonds. The smallest absolute Gasteiger partial charge is 0.543 e. The Morgan fingerprint density at radius 1 is 1.26 bits per heavy atom. The number of fused-ring (bicyclic) bond motifs is 1. The standard InChI is InChI=1S/C26H29N11O7S2.Na/c1-11(2)7-28-25-29-8-15(19(39)31-25)36(24(27)44)17(12-3-5-14(38)6-4-12)20(40)30-16-21(41)37-18(23(42)43)13(9-45-22(16)37)10-46-26-32-34-35-33-26;/h3-6,8,11,16-17,22,38H,7,9-10H2,1-2H3,(H2,27,44)(H,30,40)(H,42,43)(H2,28,29,31,39)(H,32,33,34,35);/q;+1/p-1/t16?,17?,22-;/m0./s1. The number of amides is 4. The van der Waals surface area contributed by atoms with Crippen LogP contribution in [0.25, 0.3) is 0 Å². The SMILES string of the molecule is CC(C)CNc1ncc(N(C(N)=O)C(C(=O)NC2C(=O)N3C(C(=O)[O-])=C(CSc4nn[nH]n4)CS[C@@H]23)c2ccc(O)cc2)c(=O)[nH]1.[Na+]. The summed E-state index contributed by atoms with van der Waals surface area (Å²) in [5, 5.41) is 40.4. The molecular formula is C26H28N11NaO7S2. The van der Waals surface area contributed by atoms with Crippen LogP contribution in [0.5, 0.6) is 5.75 Å². The topological polar surface area (TPSA) is 268 Å². The molecule has 0 bridgehead atoms. The number of primary amides is 1. The van der Waals surface area contributed by atoms with Crippen molar-refractivity contribution in [1.29, 1.82) is 0 Å². The first kappa shape index (κ1) is 35.7. The molecule has 0 radical (unpaired) electrons. The molecule has 1 aromatic carbocycles. The first-order chi connectivity index (χ1) is 22.0. The second kappa shape index (κ2) is 15.2. The van der Waals surface area contributed by atoms with Crippen LogP contribution >= 0.6 is 23.5 Å². The van der Waals surface area contributed by atoms with E-state index in [1.807, 2.05) is 13.8 Å². The quantitative estimate of drug-likeness (QED) is 0.0598. The Labute approximate surface area is 297 Å². The molecule has 5 rings (SSSR count). The Bertz CT molecular complexity index is 1740. The van der Waals surface area contributed by atoms with Crippen LogP contribution in [0.2, 0.25) is 0 Å². The van der Waals surface area contributed by atoms with Gasteiger partial charge in [-0.05, 0) is 34.4 Å². The van der Waals surface area contributed by atoms with Gasteiger partial charge in [0.25, 0.3) is 11.5 Å². The van der Waals surface area contributed by atoms with Gasteiger partial charge in [-0.3, -0.25) is 29.2 Å². The number of aromatic amines is 2. The number of phenolic OH excluding ortho intramolecular Hbond substituents is 1. The number of aromatic hydroxyl groups is 1. The van der Waals surface area contributed by atoms with Crippen LogP contribution in [0.1, 0.15) is 25.5 Å². The van der Waals surface area contributed by atoms with E-state index in [2.05, 4.69) is 41.2 Å². The first-order valence-corrected chi connectivity index (χ1v) is 15.7. The van der Waals surface area contributed by atoms with Crippen LogP contribution < -0.4 is 61.5 Å². The molecule has 242 valence electrons. The molecule has 47 heavy (non-hydrogen) atoms. The van der Waals surface area contributed by atoms with Crippen molar-refractivity contribution in [1.82, 2.24) is 40.8 Å². The minimum Gasteiger partial charge on any atom is -0.543 e. The molecule has 0 spiro atoms. The number of β-lactam (4-membered cyclic amide) rings is 1. The van der Waals surface area contributed by atoms with E-state index in [0.717, 1.165) is 27.8 Å². The summed E-state index contributed by atoms with van der Waals surface area (Å²) in [5.41, 5.74) is 4.81. The van der Waals surface area contributed by atoms with Crippen LogP contribution in [0.15, 0.2) is 51.7 Å². The second-order valence-electron chi connectivity index (χ2n) is 10.5. The molecule has 3 aromatic rings. The molecule has 0 saturated carbocycles. The van der Waals surface area contributed by atoms with E-state index >= 15 is 0 Å². The largest absolute Gasteiger partial charge is 1.00 e. The maximum Gasteiger partial charge on any atom is 1.00 e. The zero-order chi connectivity index (χ0) is 33.1. The summed E-state index contributed by atoms with van der Waals surface area (Å²) >= 11 is 2.33. The van der Waals surface area contributed by atoms with Crippen LogP contribution in [0.3, 0.4) is 0 Å². The van der Waals surface area contributed by atoms with Gasteiger partial charge in [0.1, 0.15) is 28.9 Å². The number of rotatable bonds is 12. The number of phenols is 1. The zero-order valence-corrected chi connectivity index (χ0v) is 28.9. The molecule has 2 aliphatic rings. The summed E-state index contributed by atoms with van der Waals surface area (Å²) in [6.45, 7) is 4.41. The number of carboxylic acid groups (broad SMARTS) is 1. The molecule has 3 atom stereocenters. The summed E-state index contributed by atoms with van der Waals surface area (Å²) in [6, 6.07) is 1.29. The van der Waals surface area contributed by atoms with E-state index in [0.29, 0.717) is 12.1 Å². The third-order valence-corrected chi connectivity index (χ3v) is 9.17. The van der Waals surface area contributed by atoms with Gasteiger partial charge in [-0.1, -0.05) is 37.7 Å². The maximum atomic E-state index is 13.9. The van der Waals surface area contributed by atoms with Gasteiger partial charge in [-0.15, -0.1) is 22.0 Å². The molecular weight excluding hydrogens is 665 g/mol. The van der Waals surface area contributed by atoms with Gasteiger partial charge in [0, 0.05) is 18.1 Å². The molecule has 7 N–H and O–H groups in total. The van der Waals surface area contributed by atoms with E-state index in [1.54, 1.807) is 0 Å². The van der Waals surface area contributed by atoms with E-state index in [4.69, 9.17) is 5.73 Å². The van der Waals surface area contributed by atoms with Crippen LogP contribution in [0, 0.1) is 5.92 Å². The summed E-state index contributed by atoms with van der Waals surface area (Å²) in [7, 11) is 0. The minimum absolute atomic E-state index is 0. The fourth-order valence-corrected chi connectivity index (χ4v) is 7.01. The van der Waals surface area contributed by atoms with Gasteiger partial charge in [0.05, 0.1) is 17.9 Å². The number of aliphatic carboxylic acids is 1. The minimum atomic E-state index is -1.59. The van der Waals surface area contributed by atoms with Crippen molar-refractivity contribution < 1.29 is 58.9 Å². The molecule has 4 heterocycles. The number of thioether (sulfide) groups is 2. The Kier molecular flexibility index (Phi) is 11.6. The van der Waals surface area contributed by atoms with Crippen molar-refractivity contribution in [2.45, 2.75) is 36.5 Å². The Hall–Kier alpha value is -4.11. The third kappa shape index (κ3) is 7.73. The number of carboxylic acids is 1. The Morgan fingerprint density at radius 2 is 1.98 bits per heavy atom. The number of anilines is 2. The monoisotopic (exact) mass is 693 g/mol. The maximum absolute atomic E-state index is 13.9. The van der Waals surface area contributed by atoms with Crippen LogP contribution in [-0.2, 0) is 14.4 Å². The predicted molar refractivity (Wildman–Crippen MR) is 163 cm³/mol. The molecule has 2 aromatic heterocycles. The van der Waals surface area contributed by atoms with E-state index < -0.39 is 46.8 Å². The van der Waals surface area contributed by atoms with E-state index in [1.165, 1.54) is 36.0 Å². The second-order valence-corrected chi connectivity index (χ2v) is 12.6. The number of hydrogen-bond donors (Lipinski definition) is 6. The predicted octanol–water partition coefficient (Wildman–Crippen LogP) is -4.12. The number of aromatic nitrogens is 6. The zero-order valence-electron chi connectivity index (χ0n) is 25.3. The molecule has 2 aliphatic heterocycles. The van der Waals surface area contributed by atoms with Crippen molar-refractivity contribution in [3.05, 3.63) is 57.6 Å². The number of hydrogen-bond acceptors (Lipinski definition) is 14. The Balaban J connectivity index is 0.00000500. The van der Waals surface area contributed by atoms with Gasteiger partial charge in [0.2, 0.25) is 17.0 Å². The number of carbonyl (C=O) groups excluding carboxylic acids is 4. The first-order valence-electron chi connectivity index (χ1n) is 13.7. The fourth-order valence-electron chi connectivity index (χ4n) is 4.79. The fraction of sp³-hybridized carbons (Fsp3) is 0.346. The molecule has 1 fully saturated rings. The van der Waals surface area contributed by atoms with Crippen molar-refractivity contribution in [2.24, 2.45) is 11.7 Å². The summed E-state index contributed by atoms with van der Waals surface area (Å²) in [4.78, 5) is 73.8. The van der Waals surface area contributed by atoms with Gasteiger partial charge in [-0.2, -0.15) is 5.21 Å². The number of nitrogens with zero attached hydrogens (tertiary/aromatic N) is 6. The molecule has 0 aliphatic carbocycles. The van der Waals surface area contributed by atoms with E-state index in [-0.39, 0.29) is 80.8 Å².